The SMILES string of the molecule is CCCNc1cc(C(=O)NC(C(N)=O)C(C)C)c(Cl)cn1. The lowest BCUT2D eigenvalue weighted by atomic mass is 10.0. The highest BCUT2D eigenvalue weighted by Gasteiger charge is 2.23. The van der Waals surface area contributed by atoms with E-state index in [1.807, 2.05) is 6.92 Å². The van der Waals surface area contributed by atoms with Crippen LogP contribution in [0.1, 0.15) is 37.6 Å². The third-order valence-corrected chi connectivity index (χ3v) is 3.22. The van der Waals surface area contributed by atoms with Gasteiger partial charge in [0.1, 0.15) is 11.9 Å². The number of primary amides is 1. The van der Waals surface area contributed by atoms with Crippen molar-refractivity contribution >= 4 is 29.2 Å². The summed E-state index contributed by atoms with van der Waals surface area (Å²) in [4.78, 5) is 27.7. The fourth-order valence-corrected chi connectivity index (χ4v) is 1.94. The van der Waals surface area contributed by atoms with Crippen LogP contribution in [0.2, 0.25) is 5.02 Å². The summed E-state index contributed by atoms with van der Waals surface area (Å²) in [5, 5.41) is 5.90. The molecular formula is C14H21ClN4O2. The lowest BCUT2D eigenvalue weighted by Crippen LogP contribution is -2.47. The molecule has 0 aliphatic heterocycles. The molecule has 21 heavy (non-hydrogen) atoms. The van der Waals surface area contributed by atoms with Gasteiger partial charge < -0.3 is 16.4 Å². The fourth-order valence-electron chi connectivity index (χ4n) is 1.75. The molecule has 0 bridgehead atoms. The van der Waals surface area contributed by atoms with Gasteiger partial charge in [-0.2, -0.15) is 0 Å². The Labute approximate surface area is 129 Å². The highest BCUT2D eigenvalue weighted by molar-refractivity contribution is 6.33. The molecule has 2 amide bonds. The normalized spacial score (nSPS) is 12.0. The van der Waals surface area contributed by atoms with Gasteiger partial charge in [-0.1, -0.05) is 32.4 Å². The highest BCUT2D eigenvalue weighted by atomic mass is 35.5. The van der Waals surface area contributed by atoms with Gasteiger partial charge in [0.05, 0.1) is 10.6 Å². The maximum Gasteiger partial charge on any atom is 0.253 e. The van der Waals surface area contributed by atoms with E-state index >= 15 is 0 Å². The summed E-state index contributed by atoms with van der Waals surface area (Å²) in [7, 11) is 0. The molecule has 6 nitrogen and oxygen atoms in total. The second-order valence-corrected chi connectivity index (χ2v) is 5.48. The molecule has 7 heteroatoms. The van der Waals surface area contributed by atoms with Crippen LogP contribution in [0.3, 0.4) is 0 Å². The van der Waals surface area contributed by atoms with Crippen molar-refractivity contribution in [1.82, 2.24) is 10.3 Å². The molecule has 1 unspecified atom stereocenters. The first-order chi connectivity index (χ1) is 9.86. The molecule has 1 aromatic heterocycles. The minimum Gasteiger partial charge on any atom is -0.370 e. The van der Waals surface area contributed by atoms with Crippen LogP contribution < -0.4 is 16.4 Å². The second-order valence-electron chi connectivity index (χ2n) is 5.07. The lowest BCUT2D eigenvalue weighted by Gasteiger charge is -2.19. The van der Waals surface area contributed by atoms with Gasteiger partial charge in [-0.25, -0.2) is 4.98 Å². The predicted molar refractivity (Wildman–Crippen MR) is 83.3 cm³/mol. The number of hydrogen-bond acceptors (Lipinski definition) is 4. The average molecular weight is 313 g/mol. The Morgan fingerprint density at radius 2 is 2.10 bits per heavy atom. The van der Waals surface area contributed by atoms with Crippen molar-refractivity contribution in [2.75, 3.05) is 11.9 Å². The van der Waals surface area contributed by atoms with E-state index in [0.29, 0.717) is 5.82 Å². The van der Waals surface area contributed by atoms with Gasteiger partial charge in [-0.15, -0.1) is 0 Å². The monoisotopic (exact) mass is 312 g/mol. The maximum atomic E-state index is 12.3. The fraction of sp³-hybridized carbons (Fsp3) is 0.500. The largest absolute Gasteiger partial charge is 0.370 e. The van der Waals surface area contributed by atoms with Crippen LogP contribution in [0.15, 0.2) is 12.3 Å². The van der Waals surface area contributed by atoms with E-state index in [9.17, 15) is 9.59 Å². The second kappa shape index (κ2) is 7.83. The molecule has 0 spiro atoms. The smallest absolute Gasteiger partial charge is 0.253 e. The summed E-state index contributed by atoms with van der Waals surface area (Å²) in [6, 6.07) is 0.819. The molecule has 0 fully saturated rings. The minimum atomic E-state index is -0.742. The van der Waals surface area contributed by atoms with E-state index in [-0.39, 0.29) is 16.5 Å². The Bertz CT molecular complexity index is 520. The zero-order valence-electron chi connectivity index (χ0n) is 12.4. The molecule has 1 atom stereocenters. The van der Waals surface area contributed by atoms with E-state index < -0.39 is 17.9 Å². The predicted octanol–water partition coefficient (Wildman–Crippen LogP) is 1.80. The first-order valence-electron chi connectivity index (χ1n) is 6.86. The number of nitrogens with one attached hydrogen (secondary N) is 2. The molecule has 4 N–H and O–H groups in total. The number of carbonyl (C=O) groups is 2. The third-order valence-electron chi connectivity index (χ3n) is 2.92. The van der Waals surface area contributed by atoms with Crippen LogP contribution >= 0.6 is 11.6 Å². The molecule has 116 valence electrons. The minimum absolute atomic E-state index is 0.107. The highest BCUT2D eigenvalue weighted by Crippen LogP contribution is 2.18. The van der Waals surface area contributed by atoms with E-state index in [1.165, 1.54) is 6.20 Å². The van der Waals surface area contributed by atoms with E-state index in [0.717, 1.165) is 13.0 Å². The number of aromatic nitrogens is 1. The third kappa shape index (κ3) is 4.90. The van der Waals surface area contributed by atoms with Crippen LogP contribution in [0.25, 0.3) is 0 Å². The van der Waals surface area contributed by atoms with Crippen molar-refractivity contribution in [3.05, 3.63) is 22.8 Å². The number of anilines is 1. The quantitative estimate of drug-likeness (QED) is 0.715. The van der Waals surface area contributed by atoms with Crippen molar-refractivity contribution in [2.45, 2.75) is 33.2 Å². The van der Waals surface area contributed by atoms with Crippen LogP contribution in [0.4, 0.5) is 5.82 Å². The van der Waals surface area contributed by atoms with Crippen molar-refractivity contribution in [1.29, 1.82) is 0 Å². The number of halogens is 1. The summed E-state index contributed by atoms with van der Waals surface area (Å²) in [6.45, 7) is 6.37. The van der Waals surface area contributed by atoms with Crippen molar-refractivity contribution in [2.24, 2.45) is 11.7 Å². The van der Waals surface area contributed by atoms with Gasteiger partial charge in [-0.05, 0) is 18.4 Å². The summed E-state index contributed by atoms with van der Waals surface area (Å²) < 4.78 is 0. The van der Waals surface area contributed by atoms with Gasteiger partial charge in [0.2, 0.25) is 5.91 Å². The summed E-state index contributed by atoms with van der Waals surface area (Å²) in [6.07, 6.45) is 2.34. The number of amides is 2. The molecule has 0 saturated heterocycles. The van der Waals surface area contributed by atoms with Crippen LogP contribution in [-0.2, 0) is 4.79 Å². The molecule has 0 aliphatic rings. The lowest BCUT2D eigenvalue weighted by molar-refractivity contribution is -0.120. The van der Waals surface area contributed by atoms with Gasteiger partial charge >= 0.3 is 0 Å². The number of nitrogens with zero attached hydrogens (tertiary/aromatic N) is 1. The zero-order chi connectivity index (χ0) is 16.0. The first kappa shape index (κ1) is 17.2. The Hall–Kier alpha value is -1.82. The summed E-state index contributed by atoms with van der Waals surface area (Å²) in [5.74, 6) is -0.566. The van der Waals surface area contributed by atoms with Crippen LogP contribution in [0, 0.1) is 5.92 Å². The molecule has 1 rings (SSSR count). The molecule has 0 aromatic carbocycles. The number of hydrogen-bond donors (Lipinski definition) is 3. The maximum absolute atomic E-state index is 12.3. The molecule has 0 radical (unpaired) electrons. The van der Waals surface area contributed by atoms with Crippen molar-refractivity contribution < 1.29 is 9.59 Å². The Morgan fingerprint density at radius 3 is 2.62 bits per heavy atom. The zero-order valence-corrected chi connectivity index (χ0v) is 13.2. The van der Waals surface area contributed by atoms with Gasteiger partial charge in [0.15, 0.2) is 0 Å². The number of pyridine rings is 1. The van der Waals surface area contributed by atoms with E-state index in [4.69, 9.17) is 17.3 Å². The topological polar surface area (TPSA) is 97.1 Å². The van der Waals surface area contributed by atoms with Crippen molar-refractivity contribution in [3.8, 4) is 0 Å². The molecule has 0 saturated carbocycles. The number of rotatable bonds is 7. The standard InChI is InChI=1S/C14H21ClN4O2/c1-4-5-17-11-6-9(10(15)7-18-11)14(21)19-12(8(2)3)13(16)20/h6-8,12H,4-5H2,1-3H3,(H2,16,20)(H,17,18)(H,19,21). The summed E-state index contributed by atoms with van der Waals surface area (Å²) in [5.41, 5.74) is 5.55. The average Bonchev–Trinajstić information content (AvgIpc) is 2.42. The molecular weight excluding hydrogens is 292 g/mol. The Balaban J connectivity index is 2.92. The van der Waals surface area contributed by atoms with Crippen LogP contribution in [0.5, 0.6) is 0 Å². The van der Waals surface area contributed by atoms with E-state index in [2.05, 4.69) is 15.6 Å². The molecule has 1 heterocycles. The van der Waals surface area contributed by atoms with E-state index in [1.54, 1.807) is 19.9 Å². The van der Waals surface area contributed by atoms with Crippen LogP contribution in [-0.4, -0.2) is 29.4 Å². The Morgan fingerprint density at radius 1 is 1.43 bits per heavy atom. The first-order valence-corrected chi connectivity index (χ1v) is 7.24. The van der Waals surface area contributed by atoms with Gasteiger partial charge in [0, 0.05) is 12.7 Å². The van der Waals surface area contributed by atoms with Crippen molar-refractivity contribution in [3.63, 3.8) is 0 Å². The van der Waals surface area contributed by atoms with Gasteiger partial charge in [0.25, 0.3) is 5.91 Å². The molecule has 1 aromatic rings. The number of nitrogens with two attached hydrogens (primary N) is 1. The summed E-state index contributed by atoms with van der Waals surface area (Å²) >= 11 is 6.00. The molecule has 0 aliphatic carbocycles. The van der Waals surface area contributed by atoms with Gasteiger partial charge in [-0.3, -0.25) is 9.59 Å². The Kier molecular flexibility index (Phi) is 6.42. The number of carbonyl (C=O) groups excluding carboxylic acids is 2.